The van der Waals surface area contributed by atoms with Gasteiger partial charge in [-0.05, 0) is 30.3 Å². The Bertz CT molecular complexity index is 757. The van der Waals surface area contributed by atoms with Crippen LogP contribution in [0.25, 0.3) is 0 Å². The van der Waals surface area contributed by atoms with E-state index in [-0.39, 0.29) is 16.9 Å². The quantitative estimate of drug-likeness (QED) is 0.909. The third kappa shape index (κ3) is 2.40. The van der Waals surface area contributed by atoms with Crippen LogP contribution in [0.5, 0.6) is 0 Å². The van der Waals surface area contributed by atoms with Crippen molar-refractivity contribution in [1.82, 2.24) is 0 Å². The smallest absolute Gasteiger partial charge is 0.183 e. The Balaban J connectivity index is 2.39. The van der Waals surface area contributed by atoms with Crippen molar-refractivity contribution in [3.05, 3.63) is 58.9 Å². The molecule has 0 unspecified atom stereocenters. The van der Waals surface area contributed by atoms with Gasteiger partial charge in [0.05, 0.1) is 16.8 Å². The molecule has 0 aromatic heterocycles. The molecule has 0 aliphatic rings. The molecule has 0 saturated heterocycles. The number of halogens is 3. The zero-order valence-corrected chi connectivity index (χ0v) is 9.92. The summed E-state index contributed by atoms with van der Waals surface area (Å²) in [5, 5.41) is 19.8. The van der Waals surface area contributed by atoms with Crippen molar-refractivity contribution in [3.8, 4) is 12.1 Å². The fourth-order valence-corrected chi connectivity index (χ4v) is 1.58. The number of nitriles is 2. The Kier molecular flexibility index (Phi) is 3.58. The van der Waals surface area contributed by atoms with Gasteiger partial charge in [0.1, 0.15) is 18.0 Å². The van der Waals surface area contributed by atoms with E-state index >= 15 is 0 Å². The highest BCUT2D eigenvalue weighted by Gasteiger charge is 2.13. The molecule has 1 N–H and O–H groups in total. The standard InChI is InChI=1S/C14H6F3N3/c15-11-3-2-10(5-9(11)7-19)20-12-4-1-8(6-18)13(16)14(12)17/h1-5,20H. The first kappa shape index (κ1) is 13.4. The summed E-state index contributed by atoms with van der Waals surface area (Å²) in [4.78, 5) is 0. The first-order valence-corrected chi connectivity index (χ1v) is 5.41. The molecular formula is C14H6F3N3. The van der Waals surface area contributed by atoms with E-state index in [1.54, 1.807) is 6.07 Å². The molecule has 2 aromatic carbocycles. The average molecular weight is 273 g/mol. The van der Waals surface area contributed by atoms with Gasteiger partial charge in [-0.25, -0.2) is 13.2 Å². The number of nitrogens with zero attached hydrogens (tertiary/aromatic N) is 2. The molecule has 2 rings (SSSR count). The van der Waals surface area contributed by atoms with Gasteiger partial charge in [0.25, 0.3) is 0 Å². The van der Waals surface area contributed by atoms with Crippen LogP contribution in [0.3, 0.4) is 0 Å². The molecule has 0 fully saturated rings. The molecule has 0 aliphatic heterocycles. The molecule has 6 heteroatoms. The van der Waals surface area contributed by atoms with Crippen molar-refractivity contribution in [2.24, 2.45) is 0 Å². The molecule has 0 bridgehead atoms. The zero-order chi connectivity index (χ0) is 14.7. The van der Waals surface area contributed by atoms with E-state index in [9.17, 15) is 13.2 Å². The van der Waals surface area contributed by atoms with Crippen molar-refractivity contribution in [1.29, 1.82) is 10.5 Å². The van der Waals surface area contributed by atoms with Crippen molar-refractivity contribution in [3.63, 3.8) is 0 Å². The lowest BCUT2D eigenvalue weighted by atomic mass is 10.1. The molecule has 0 atom stereocenters. The number of anilines is 2. The molecular weight excluding hydrogens is 267 g/mol. The second-order valence-corrected chi connectivity index (χ2v) is 3.83. The maximum Gasteiger partial charge on any atom is 0.183 e. The predicted molar refractivity (Wildman–Crippen MR) is 65.5 cm³/mol. The minimum absolute atomic E-state index is 0.211. The number of hydrogen-bond donors (Lipinski definition) is 1. The average Bonchev–Trinajstić information content (AvgIpc) is 2.46. The van der Waals surface area contributed by atoms with Crippen LogP contribution in [0, 0.1) is 40.1 Å². The first-order chi connectivity index (χ1) is 9.56. The summed E-state index contributed by atoms with van der Waals surface area (Å²) in [6.07, 6.45) is 0. The molecule has 0 amide bonds. The zero-order valence-electron chi connectivity index (χ0n) is 9.92. The minimum Gasteiger partial charge on any atom is -0.353 e. The predicted octanol–water partition coefficient (Wildman–Crippen LogP) is 3.59. The van der Waals surface area contributed by atoms with Crippen LogP contribution in [-0.2, 0) is 0 Å². The van der Waals surface area contributed by atoms with Gasteiger partial charge in [-0.1, -0.05) is 0 Å². The van der Waals surface area contributed by atoms with Crippen LogP contribution >= 0.6 is 0 Å². The summed E-state index contributed by atoms with van der Waals surface area (Å²) >= 11 is 0. The lowest BCUT2D eigenvalue weighted by Gasteiger charge is -2.09. The molecule has 2 aromatic rings. The lowest BCUT2D eigenvalue weighted by Crippen LogP contribution is -1.99. The third-order valence-electron chi connectivity index (χ3n) is 2.57. The number of hydrogen-bond acceptors (Lipinski definition) is 3. The minimum atomic E-state index is -1.26. The van der Waals surface area contributed by atoms with Crippen LogP contribution in [0.15, 0.2) is 30.3 Å². The van der Waals surface area contributed by atoms with E-state index in [0.29, 0.717) is 0 Å². The van der Waals surface area contributed by atoms with Gasteiger partial charge in [-0.2, -0.15) is 10.5 Å². The monoisotopic (exact) mass is 273 g/mol. The Morgan fingerprint density at radius 2 is 1.55 bits per heavy atom. The van der Waals surface area contributed by atoms with Crippen LogP contribution < -0.4 is 5.32 Å². The van der Waals surface area contributed by atoms with E-state index in [2.05, 4.69) is 5.32 Å². The van der Waals surface area contributed by atoms with E-state index in [0.717, 1.165) is 12.1 Å². The van der Waals surface area contributed by atoms with E-state index in [1.165, 1.54) is 24.3 Å². The topological polar surface area (TPSA) is 59.6 Å². The van der Waals surface area contributed by atoms with Gasteiger partial charge in [-0.3, -0.25) is 0 Å². The van der Waals surface area contributed by atoms with Crippen LogP contribution in [0.1, 0.15) is 11.1 Å². The lowest BCUT2D eigenvalue weighted by molar-refractivity contribution is 0.509. The highest BCUT2D eigenvalue weighted by atomic mass is 19.2. The summed E-state index contributed by atoms with van der Waals surface area (Å²) in [5.74, 6) is -3.18. The van der Waals surface area contributed by atoms with Crippen molar-refractivity contribution < 1.29 is 13.2 Å². The number of nitrogens with one attached hydrogen (secondary N) is 1. The van der Waals surface area contributed by atoms with Gasteiger partial charge in [0.2, 0.25) is 0 Å². The van der Waals surface area contributed by atoms with Crippen LogP contribution in [0.2, 0.25) is 0 Å². The molecule has 20 heavy (non-hydrogen) atoms. The number of benzene rings is 2. The Hall–Kier alpha value is -2.99. The second-order valence-electron chi connectivity index (χ2n) is 3.83. The Morgan fingerprint density at radius 1 is 0.850 bits per heavy atom. The van der Waals surface area contributed by atoms with Crippen molar-refractivity contribution in [2.45, 2.75) is 0 Å². The molecule has 0 spiro atoms. The normalized spacial score (nSPS) is 9.65. The molecule has 0 saturated carbocycles. The SMILES string of the molecule is N#Cc1cc(Nc2ccc(C#N)c(F)c2F)ccc1F. The fraction of sp³-hybridized carbons (Fsp3) is 0. The first-order valence-electron chi connectivity index (χ1n) is 5.41. The molecule has 0 heterocycles. The number of rotatable bonds is 2. The molecule has 3 nitrogen and oxygen atoms in total. The summed E-state index contributed by atoms with van der Waals surface area (Å²) in [7, 11) is 0. The summed E-state index contributed by atoms with van der Waals surface area (Å²) in [5.41, 5.74) is -0.614. The van der Waals surface area contributed by atoms with E-state index in [1.807, 2.05) is 0 Å². The highest BCUT2D eigenvalue weighted by molar-refractivity contribution is 5.63. The van der Waals surface area contributed by atoms with Gasteiger partial charge in [0, 0.05) is 5.69 Å². The van der Waals surface area contributed by atoms with E-state index < -0.39 is 23.0 Å². The Labute approximate surface area is 112 Å². The third-order valence-corrected chi connectivity index (χ3v) is 2.57. The van der Waals surface area contributed by atoms with Gasteiger partial charge < -0.3 is 5.32 Å². The van der Waals surface area contributed by atoms with Crippen molar-refractivity contribution in [2.75, 3.05) is 5.32 Å². The maximum atomic E-state index is 13.7. The van der Waals surface area contributed by atoms with Gasteiger partial charge in [0.15, 0.2) is 11.6 Å². The van der Waals surface area contributed by atoms with E-state index in [4.69, 9.17) is 10.5 Å². The summed E-state index contributed by atoms with van der Waals surface area (Å²) < 4.78 is 40.2. The summed E-state index contributed by atoms with van der Waals surface area (Å²) in [6.45, 7) is 0. The van der Waals surface area contributed by atoms with Crippen LogP contribution in [0.4, 0.5) is 24.5 Å². The highest BCUT2D eigenvalue weighted by Crippen LogP contribution is 2.24. The largest absolute Gasteiger partial charge is 0.353 e. The molecule has 0 aliphatic carbocycles. The molecule has 98 valence electrons. The van der Waals surface area contributed by atoms with Gasteiger partial charge in [-0.15, -0.1) is 0 Å². The van der Waals surface area contributed by atoms with Gasteiger partial charge >= 0.3 is 0 Å². The molecule has 0 radical (unpaired) electrons. The summed E-state index contributed by atoms with van der Waals surface area (Å²) in [6, 6.07) is 8.96. The van der Waals surface area contributed by atoms with Crippen molar-refractivity contribution >= 4 is 11.4 Å². The Morgan fingerprint density at radius 3 is 2.20 bits per heavy atom. The fourth-order valence-electron chi connectivity index (χ4n) is 1.58. The van der Waals surface area contributed by atoms with Crippen LogP contribution in [-0.4, -0.2) is 0 Å². The second kappa shape index (κ2) is 5.33. The maximum absolute atomic E-state index is 13.7.